The van der Waals surface area contributed by atoms with Crippen LogP contribution in [0, 0.1) is 58.2 Å². The highest BCUT2D eigenvalue weighted by Gasteiger charge is 2.70. The number of rotatable bonds is 0. The van der Waals surface area contributed by atoms with Gasteiger partial charge in [0.1, 0.15) is 0 Å². The predicted octanol–water partition coefficient (Wildman–Crippen LogP) is 7.24. The molecule has 4 aliphatic carbocycles. The van der Waals surface area contributed by atoms with Crippen molar-refractivity contribution in [2.24, 2.45) is 58.2 Å². The molecule has 9 unspecified atom stereocenters. The van der Waals surface area contributed by atoms with Gasteiger partial charge in [-0.25, -0.2) is 0 Å². The molecule has 2 heterocycles. The van der Waals surface area contributed by atoms with Crippen LogP contribution in [0.4, 0.5) is 0 Å². The Kier molecular flexibility index (Phi) is 4.68. The number of hydrogen-bond donors (Lipinski definition) is 0. The minimum atomic E-state index is -0.309. The Labute approximate surface area is 190 Å². The van der Waals surface area contributed by atoms with Crippen LogP contribution in [0.5, 0.6) is 0 Å². The minimum absolute atomic E-state index is 0.242. The van der Waals surface area contributed by atoms with Gasteiger partial charge in [0.2, 0.25) is 0 Å². The van der Waals surface area contributed by atoms with Gasteiger partial charge in [0.05, 0.1) is 12.7 Å². The first-order valence-electron chi connectivity index (χ1n) is 13.7. The molecule has 4 saturated carbocycles. The fraction of sp³-hybridized carbons (Fsp3) is 0.931. The normalized spacial score (nSPS) is 60.9. The summed E-state index contributed by atoms with van der Waals surface area (Å²) in [5.41, 5.74) is 2.36. The van der Waals surface area contributed by atoms with Gasteiger partial charge in [-0.15, -0.1) is 0 Å². The molecule has 6 aliphatic rings. The van der Waals surface area contributed by atoms with Crippen LogP contribution in [0.15, 0.2) is 12.2 Å². The molecule has 2 aliphatic heterocycles. The van der Waals surface area contributed by atoms with E-state index in [1.807, 2.05) is 0 Å². The zero-order chi connectivity index (χ0) is 21.8. The smallest absolute Gasteiger partial charge is 0.171 e. The molecule has 0 aromatic carbocycles. The van der Waals surface area contributed by atoms with Gasteiger partial charge in [0, 0.05) is 18.3 Å². The van der Waals surface area contributed by atoms with Gasteiger partial charge in [-0.05, 0) is 91.3 Å². The van der Waals surface area contributed by atoms with Gasteiger partial charge < -0.3 is 9.47 Å². The van der Waals surface area contributed by atoms with Crippen LogP contribution in [-0.2, 0) is 9.47 Å². The van der Waals surface area contributed by atoms with Crippen molar-refractivity contribution in [3.8, 4) is 0 Å². The van der Waals surface area contributed by atoms with Gasteiger partial charge >= 0.3 is 0 Å². The number of hydrogen-bond acceptors (Lipinski definition) is 2. The summed E-state index contributed by atoms with van der Waals surface area (Å²) in [6, 6.07) is 0. The van der Waals surface area contributed by atoms with Crippen LogP contribution in [0.1, 0.15) is 92.4 Å². The van der Waals surface area contributed by atoms with Crippen molar-refractivity contribution in [3.63, 3.8) is 0 Å². The Morgan fingerprint density at radius 2 is 1.68 bits per heavy atom. The number of allylic oxidation sites excluding steroid dienone is 1. The van der Waals surface area contributed by atoms with E-state index in [1.54, 1.807) is 5.57 Å². The van der Waals surface area contributed by atoms with Crippen molar-refractivity contribution in [2.45, 2.75) is 104 Å². The summed E-state index contributed by atoms with van der Waals surface area (Å²) in [6.07, 6.45) is 12.5. The highest BCUT2D eigenvalue weighted by atomic mass is 16.7. The molecule has 1 spiro atoms. The molecule has 2 heteroatoms. The van der Waals surface area contributed by atoms with Gasteiger partial charge in [-0.3, -0.25) is 0 Å². The van der Waals surface area contributed by atoms with Gasteiger partial charge in [0.25, 0.3) is 0 Å². The molecule has 0 radical (unpaired) electrons. The van der Waals surface area contributed by atoms with E-state index in [1.165, 1.54) is 51.4 Å². The monoisotopic (exact) mass is 426 g/mol. The molecule has 0 amide bonds. The van der Waals surface area contributed by atoms with E-state index < -0.39 is 0 Å². The van der Waals surface area contributed by atoms with E-state index in [4.69, 9.17) is 16.1 Å². The molecular formula is C29H46O2. The second-order valence-electron chi connectivity index (χ2n) is 13.6. The lowest BCUT2D eigenvalue weighted by Gasteiger charge is -2.62. The topological polar surface area (TPSA) is 18.5 Å². The van der Waals surface area contributed by atoms with Crippen molar-refractivity contribution in [3.05, 3.63) is 12.2 Å². The molecular weight excluding hydrogens is 380 g/mol. The summed E-state index contributed by atoms with van der Waals surface area (Å²) in [4.78, 5) is 0. The van der Waals surface area contributed by atoms with Gasteiger partial charge in [-0.1, -0.05) is 53.2 Å². The Hall–Kier alpha value is -0.340. The molecule has 6 rings (SSSR count). The van der Waals surface area contributed by atoms with E-state index in [0.29, 0.717) is 29.3 Å². The number of ether oxygens (including phenoxy) is 2. The van der Waals surface area contributed by atoms with E-state index in [2.05, 4.69) is 34.6 Å². The largest absolute Gasteiger partial charge is 0.349 e. The second-order valence-corrected chi connectivity index (χ2v) is 13.6. The first-order chi connectivity index (χ1) is 14.7. The van der Waals surface area contributed by atoms with Crippen LogP contribution in [-0.4, -0.2) is 18.5 Å². The lowest BCUT2D eigenvalue weighted by molar-refractivity contribution is -0.272. The minimum Gasteiger partial charge on any atom is -0.349 e. The Morgan fingerprint density at radius 1 is 0.903 bits per heavy atom. The highest BCUT2D eigenvalue weighted by molar-refractivity contribution is 5.28. The van der Waals surface area contributed by atoms with Crippen molar-refractivity contribution in [1.29, 1.82) is 0 Å². The fourth-order valence-electron chi connectivity index (χ4n) is 10.3. The summed E-state index contributed by atoms with van der Waals surface area (Å²) in [6.45, 7) is 18.3. The number of fused-ring (bicyclic) bond motifs is 7. The quantitative estimate of drug-likeness (QED) is 0.380. The molecule has 0 N–H and O–H groups in total. The zero-order valence-electron chi connectivity index (χ0n) is 20.8. The van der Waals surface area contributed by atoms with E-state index in [9.17, 15) is 0 Å². The molecule has 6 fully saturated rings. The molecule has 31 heavy (non-hydrogen) atoms. The fourth-order valence-corrected chi connectivity index (χ4v) is 10.3. The van der Waals surface area contributed by atoms with Crippen LogP contribution >= 0.6 is 0 Å². The van der Waals surface area contributed by atoms with Crippen molar-refractivity contribution >= 4 is 0 Å². The third-order valence-corrected chi connectivity index (χ3v) is 12.3. The zero-order valence-corrected chi connectivity index (χ0v) is 20.8. The summed E-state index contributed by atoms with van der Waals surface area (Å²) >= 11 is 0. The van der Waals surface area contributed by atoms with Crippen molar-refractivity contribution in [2.75, 3.05) is 6.61 Å². The second kappa shape index (κ2) is 6.84. The Morgan fingerprint density at radius 3 is 2.42 bits per heavy atom. The first kappa shape index (κ1) is 21.2. The summed E-state index contributed by atoms with van der Waals surface area (Å²) < 4.78 is 13.4. The van der Waals surface area contributed by atoms with E-state index in [-0.39, 0.29) is 11.2 Å². The van der Waals surface area contributed by atoms with Crippen LogP contribution in [0.2, 0.25) is 0 Å². The summed E-state index contributed by atoms with van der Waals surface area (Å²) in [5.74, 6) is 5.84. The molecule has 0 aromatic heterocycles. The third kappa shape index (κ3) is 2.70. The van der Waals surface area contributed by atoms with Crippen molar-refractivity contribution in [1.82, 2.24) is 0 Å². The highest BCUT2D eigenvalue weighted by Crippen LogP contribution is 2.72. The van der Waals surface area contributed by atoms with Crippen LogP contribution in [0.25, 0.3) is 0 Å². The molecule has 12 atom stereocenters. The summed E-state index contributed by atoms with van der Waals surface area (Å²) in [7, 11) is 0. The van der Waals surface area contributed by atoms with E-state index >= 15 is 0 Å². The average Bonchev–Trinajstić information content (AvgIpc) is 3.18. The SMILES string of the molecule is C=C1CC2C(CCC3CC(C)CC[C@@]32C)C2CC3OC4(CCC(C)CO4)[C@@H](C)C3[C@@]12C. The van der Waals surface area contributed by atoms with Gasteiger partial charge in [-0.2, -0.15) is 0 Å². The molecule has 0 aromatic rings. The van der Waals surface area contributed by atoms with Crippen molar-refractivity contribution < 1.29 is 9.47 Å². The van der Waals surface area contributed by atoms with Gasteiger partial charge in [0.15, 0.2) is 5.79 Å². The molecule has 174 valence electrons. The Balaban J connectivity index is 1.30. The Bertz CT molecular complexity index is 750. The molecule has 2 nitrogen and oxygen atoms in total. The lowest BCUT2D eigenvalue weighted by atomic mass is 9.43. The third-order valence-electron chi connectivity index (χ3n) is 12.3. The predicted molar refractivity (Wildman–Crippen MR) is 125 cm³/mol. The molecule has 2 saturated heterocycles. The van der Waals surface area contributed by atoms with Crippen LogP contribution in [0.3, 0.4) is 0 Å². The van der Waals surface area contributed by atoms with E-state index in [0.717, 1.165) is 42.6 Å². The summed E-state index contributed by atoms with van der Waals surface area (Å²) in [5, 5.41) is 0. The maximum Gasteiger partial charge on any atom is 0.171 e. The molecule has 0 bridgehead atoms. The lowest BCUT2D eigenvalue weighted by Crippen LogP contribution is -2.55. The average molecular weight is 427 g/mol. The maximum absolute atomic E-state index is 6.94. The maximum atomic E-state index is 6.94. The standard InChI is InChI=1S/C29H46O2/c1-17-9-11-27(5)21(13-17)7-8-22-23(27)14-19(3)28(6)24(22)15-25-26(28)20(4)29(31-25)12-10-18(2)16-30-29/h17-18,20-26H,3,7-16H2,1-2,4-6H3/t17?,18?,20-,21?,22?,23?,24?,25?,26?,27-,28-,29?/m0/s1. The van der Waals surface area contributed by atoms with Crippen LogP contribution < -0.4 is 0 Å². The first-order valence-corrected chi connectivity index (χ1v) is 13.7.